The van der Waals surface area contributed by atoms with Gasteiger partial charge in [-0.15, -0.1) is 0 Å². The average molecular weight is 300 g/mol. The highest BCUT2D eigenvalue weighted by atomic mass is 16.2. The molecule has 0 aliphatic heterocycles. The predicted octanol–water partition coefficient (Wildman–Crippen LogP) is 3.57. The fraction of sp³-hybridized carbons (Fsp3) is 0.444. The van der Waals surface area contributed by atoms with Gasteiger partial charge in [-0.25, -0.2) is 0 Å². The van der Waals surface area contributed by atoms with Gasteiger partial charge in [0.15, 0.2) is 5.43 Å². The fourth-order valence-corrected chi connectivity index (χ4v) is 2.59. The van der Waals surface area contributed by atoms with Gasteiger partial charge in [-0.05, 0) is 32.4 Å². The Balaban J connectivity index is 2.32. The van der Waals surface area contributed by atoms with Crippen molar-refractivity contribution in [3.63, 3.8) is 0 Å². The van der Waals surface area contributed by atoms with Crippen LogP contribution in [0.1, 0.15) is 50.5 Å². The van der Waals surface area contributed by atoms with Gasteiger partial charge in [0.05, 0.1) is 0 Å². The molecular formula is C18H24N2O2. The quantitative estimate of drug-likeness (QED) is 0.829. The fourth-order valence-electron chi connectivity index (χ4n) is 2.59. The van der Waals surface area contributed by atoms with Crippen LogP contribution in [0, 0.1) is 0 Å². The lowest BCUT2D eigenvalue weighted by Crippen LogP contribution is -2.38. The first-order chi connectivity index (χ1) is 10.5. The lowest BCUT2D eigenvalue weighted by Gasteiger charge is -2.26. The average Bonchev–Trinajstić information content (AvgIpc) is 2.50. The van der Waals surface area contributed by atoms with Crippen molar-refractivity contribution in [3.8, 4) is 0 Å². The molecule has 1 aromatic carbocycles. The molecule has 118 valence electrons. The first-order valence-corrected chi connectivity index (χ1v) is 7.97. The zero-order valence-electron chi connectivity index (χ0n) is 13.6. The van der Waals surface area contributed by atoms with Crippen LogP contribution in [-0.4, -0.2) is 28.4 Å². The van der Waals surface area contributed by atoms with Crippen LogP contribution < -0.4 is 5.43 Å². The number of hydrogen-bond acceptors (Lipinski definition) is 2. The molecule has 0 unspecified atom stereocenters. The third-order valence-corrected chi connectivity index (χ3v) is 3.85. The summed E-state index contributed by atoms with van der Waals surface area (Å²) in [6.07, 6.45) is 3.20. The molecule has 0 aliphatic carbocycles. The number of aromatic nitrogens is 1. The molecule has 0 bridgehead atoms. The normalized spacial score (nSPS) is 11.1. The second-order valence-electron chi connectivity index (χ2n) is 5.89. The van der Waals surface area contributed by atoms with Crippen molar-refractivity contribution < 1.29 is 4.79 Å². The topological polar surface area (TPSA) is 53.2 Å². The Kier molecular flexibility index (Phi) is 5.36. The third kappa shape index (κ3) is 3.56. The molecule has 0 spiro atoms. The minimum absolute atomic E-state index is 0.103. The van der Waals surface area contributed by atoms with Crippen molar-refractivity contribution in [3.05, 3.63) is 46.2 Å². The summed E-state index contributed by atoms with van der Waals surface area (Å²) in [5.41, 5.74) is 0.958. The summed E-state index contributed by atoms with van der Waals surface area (Å²) in [6.45, 7) is 6.87. The summed E-state index contributed by atoms with van der Waals surface area (Å²) < 4.78 is 0. The second-order valence-corrected chi connectivity index (χ2v) is 5.89. The molecule has 4 heteroatoms. The van der Waals surface area contributed by atoms with E-state index in [1.165, 1.54) is 6.07 Å². The molecular weight excluding hydrogens is 276 g/mol. The molecule has 1 N–H and O–H groups in total. The van der Waals surface area contributed by atoms with Crippen molar-refractivity contribution >= 4 is 16.8 Å². The van der Waals surface area contributed by atoms with Crippen molar-refractivity contribution in [1.29, 1.82) is 0 Å². The first kappa shape index (κ1) is 16.3. The summed E-state index contributed by atoms with van der Waals surface area (Å²) in [5.74, 6) is -0.103. The molecule has 0 radical (unpaired) electrons. The first-order valence-electron chi connectivity index (χ1n) is 7.97. The molecule has 4 nitrogen and oxygen atoms in total. The van der Waals surface area contributed by atoms with Crippen molar-refractivity contribution in [1.82, 2.24) is 9.88 Å². The highest BCUT2D eigenvalue weighted by Gasteiger charge is 2.19. The smallest absolute Gasteiger partial charge is 0.270 e. The van der Waals surface area contributed by atoms with Gasteiger partial charge in [0, 0.05) is 29.6 Å². The Bertz CT molecular complexity index is 704. The van der Waals surface area contributed by atoms with E-state index in [0.29, 0.717) is 16.6 Å². The molecule has 0 aliphatic rings. The SMILES string of the molecule is CCCCCN(C(=O)c1cc(=O)c2ccccc2[nH]1)C(C)C. The summed E-state index contributed by atoms with van der Waals surface area (Å²) >= 11 is 0. The maximum Gasteiger partial charge on any atom is 0.270 e. The Morgan fingerprint density at radius 3 is 2.64 bits per heavy atom. The number of amides is 1. The van der Waals surface area contributed by atoms with Gasteiger partial charge in [-0.2, -0.15) is 0 Å². The molecule has 2 rings (SSSR count). The van der Waals surface area contributed by atoms with Crippen LogP contribution in [0.2, 0.25) is 0 Å². The number of carbonyl (C=O) groups excluding carboxylic acids is 1. The Morgan fingerprint density at radius 1 is 1.23 bits per heavy atom. The van der Waals surface area contributed by atoms with E-state index in [1.54, 1.807) is 6.07 Å². The molecule has 0 saturated heterocycles. The summed E-state index contributed by atoms with van der Waals surface area (Å²) in [6, 6.07) is 8.80. The number of nitrogens with one attached hydrogen (secondary N) is 1. The zero-order chi connectivity index (χ0) is 16.1. The number of nitrogens with zero attached hydrogens (tertiary/aromatic N) is 1. The number of fused-ring (bicyclic) bond motifs is 1. The standard InChI is InChI=1S/C18H24N2O2/c1-4-5-8-11-20(13(2)3)18(22)16-12-17(21)14-9-6-7-10-15(14)19-16/h6-7,9-10,12-13H,4-5,8,11H2,1-3H3,(H,19,21). The molecule has 2 aromatic rings. The van der Waals surface area contributed by atoms with Crippen molar-refractivity contribution in [2.75, 3.05) is 6.54 Å². The molecule has 0 fully saturated rings. The van der Waals surface area contributed by atoms with Crippen LogP contribution in [0.4, 0.5) is 0 Å². The van der Waals surface area contributed by atoms with Crippen LogP contribution in [0.15, 0.2) is 35.1 Å². The van der Waals surface area contributed by atoms with E-state index in [9.17, 15) is 9.59 Å². The Hall–Kier alpha value is -2.10. The van der Waals surface area contributed by atoms with E-state index in [1.807, 2.05) is 36.9 Å². The molecule has 0 saturated carbocycles. The van der Waals surface area contributed by atoms with E-state index in [2.05, 4.69) is 11.9 Å². The number of aromatic amines is 1. The van der Waals surface area contributed by atoms with Crippen LogP contribution in [0.3, 0.4) is 0 Å². The number of benzene rings is 1. The van der Waals surface area contributed by atoms with E-state index in [0.717, 1.165) is 25.8 Å². The van der Waals surface area contributed by atoms with E-state index < -0.39 is 0 Å². The number of para-hydroxylation sites is 1. The predicted molar refractivity (Wildman–Crippen MR) is 90.3 cm³/mol. The largest absolute Gasteiger partial charge is 0.350 e. The molecule has 1 heterocycles. The van der Waals surface area contributed by atoms with Gasteiger partial charge in [0.2, 0.25) is 0 Å². The van der Waals surface area contributed by atoms with Gasteiger partial charge in [0.1, 0.15) is 5.69 Å². The number of H-pyrrole nitrogens is 1. The number of pyridine rings is 1. The lowest BCUT2D eigenvalue weighted by atomic mass is 10.1. The minimum Gasteiger partial charge on any atom is -0.350 e. The van der Waals surface area contributed by atoms with Crippen LogP contribution in [0.25, 0.3) is 10.9 Å². The Labute approximate surface area is 131 Å². The van der Waals surface area contributed by atoms with E-state index in [4.69, 9.17) is 0 Å². The van der Waals surface area contributed by atoms with Gasteiger partial charge >= 0.3 is 0 Å². The van der Waals surface area contributed by atoms with Gasteiger partial charge in [-0.1, -0.05) is 31.9 Å². The van der Waals surface area contributed by atoms with E-state index >= 15 is 0 Å². The van der Waals surface area contributed by atoms with Crippen LogP contribution in [-0.2, 0) is 0 Å². The van der Waals surface area contributed by atoms with Crippen molar-refractivity contribution in [2.45, 2.75) is 46.1 Å². The Morgan fingerprint density at radius 2 is 1.95 bits per heavy atom. The van der Waals surface area contributed by atoms with Crippen LogP contribution >= 0.6 is 0 Å². The number of unbranched alkanes of at least 4 members (excludes halogenated alkanes) is 2. The maximum absolute atomic E-state index is 12.7. The maximum atomic E-state index is 12.7. The van der Waals surface area contributed by atoms with Gasteiger partial charge in [-0.3, -0.25) is 9.59 Å². The van der Waals surface area contributed by atoms with E-state index in [-0.39, 0.29) is 17.4 Å². The lowest BCUT2D eigenvalue weighted by molar-refractivity contribution is 0.0696. The summed E-state index contributed by atoms with van der Waals surface area (Å²) in [7, 11) is 0. The van der Waals surface area contributed by atoms with Crippen LogP contribution in [0.5, 0.6) is 0 Å². The van der Waals surface area contributed by atoms with Gasteiger partial charge in [0.25, 0.3) is 5.91 Å². The number of carbonyl (C=O) groups is 1. The second kappa shape index (κ2) is 7.25. The summed E-state index contributed by atoms with van der Waals surface area (Å²) in [5, 5.41) is 0.612. The van der Waals surface area contributed by atoms with Crippen molar-refractivity contribution in [2.24, 2.45) is 0 Å². The summed E-state index contributed by atoms with van der Waals surface area (Å²) in [4.78, 5) is 29.8. The highest BCUT2D eigenvalue weighted by Crippen LogP contribution is 2.12. The highest BCUT2D eigenvalue weighted by molar-refractivity contribution is 5.95. The molecule has 0 atom stereocenters. The third-order valence-electron chi connectivity index (χ3n) is 3.85. The number of hydrogen-bond donors (Lipinski definition) is 1. The molecule has 1 amide bonds. The number of rotatable bonds is 6. The monoisotopic (exact) mass is 300 g/mol. The minimum atomic E-state index is -0.116. The van der Waals surface area contributed by atoms with Gasteiger partial charge < -0.3 is 9.88 Å². The molecule has 1 aromatic heterocycles. The zero-order valence-corrected chi connectivity index (χ0v) is 13.6. The molecule has 22 heavy (non-hydrogen) atoms.